The van der Waals surface area contributed by atoms with Crippen LogP contribution < -0.4 is 5.32 Å². The zero-order valence-electron chi connectivity index (χ0n) is 14.6. The Morgan fingerprint density at radius 3 is 2.76 bits per heavy atom. The van der Waals surface area contributed by atoms with Gasteiger partial charge in [-0.1, -0.05) is 37.3 Å². The molecular formula is C20H24N4O. The summed E-state index contributed by atoms with van der Waals surface area (Å²) >= 11 is 0. The molecule has 25 heavy (non-hydrogen) atoms. The number of pyridine rings is 1. The number of imidazole rings is 1. The maximum absolute atomic E-state index is 12.1. The molecule has 0 aliphatic rings. The van der Waals surface area contributed by atoms with Gasteiger partial charge < -0.3 is 9.88 Å². The largest absolute Gasteiger partial charge is 0.356 e. The number of nitrogens with one attached hydrogen (secondary N) is 1. The van der Waals surface area contributed by atoms with Gasteiger partial charge in [0.2, 0.25) is 5.91 Å². The van der Waals surface area contributed by atoms with E-state index in [-0.39, 0.29) is 5.91 Å². The monoisotopic (exact) mass is 336 g/mol. The molecular weight excluding hydrogens is 312 g/mol. The van der Waals surface area contributed by atoms with Gasteiger partial charge in [-0.2, -0.15) is 0 Å². The molecule has 1 N–H and O–H groups in total. The average molecular weight is 336 g/mol. The van der Waals surface area contributed by atoms with Crippen LogP contribution in [0.15, 0.2) is 48.7 Å². The van der Waals surface area contributed by atoms with Crippen molar-refractivity contribution in [3.63, 3.8) is 0 Å². The highest BCUT2D eigenvalue weighted by atomic mass is 16.1. The number of hydrogen-bond acceptors (Lipinski definition) is 3. The highest BCUT2D eigenvalue weighted by molar-refractivity contribution is 5.76. The van der Waals surface area contributed by atoms with Crippen LogP contribution in [0.25, 0.3) is 11.2 Å². The molecule has 0 saturated carbocycles. The fraction of sp³-hybridized carbons (Fsp3) is 0.350. The van der Waals surface area contributed by atoms with Crippen molar-refractivity contribution in [1.29, 1.82) is 0 Å². The van der Waals surface area contributed by atoms with Gasteiger partial charge in [0.15, 0.2) is 5.65 Å². The summed E-state index contributed by atoms with van der Waals surface area (Å²) in [7, 11) is 0. The SMILES string of the molecule is CCCn1c(CCC(=O)NCCc2ccccc2)nc2cccnc21. The Bertz CT molecular complexity index is 826. The van der Waals surface area contributed by atoms with Crippen LogP contribution >= 0.6 is 0 Å². The lowest BCUT2D eigenvalue weighted by Crippen LogP contribution is -2.26. The number of carbonyl (C=O) groups excluding carboxylic acids is 1. The minimum absolute atomic E-state index is 0.0685. The van der Waals surface area contributed by atoms with Crippen molar-refractivity contribution in [2.45, 2.75) is 39.2 Å². The number of aryl methyl sites for hydroxylation is 2. The van der Waals surface area contributed by atoms with E-state index in [2.05, 4.69) is 38.9 Å². The molecule has 2 aromatic heterocycles. The molecule has 0 aliphatic heterocycles. The smallest absolute Gasteiger partial charge is 0.220 e. The van der Waals surface area contributed by atoms with E-state index in [1.54, 1.807) is 6.20 Å². The molecule has 3 aromatic rings. The van der Waals surface area contributed by atoms with Crippen molar-refractivity contribution in [1.82, 2.24) is 19.9 Å². The summed E-state index contributed by atoms with van der Waals surface area (Å²) in [5, 5.41) is 3.00. The Balaban J connectivity index is 1.55. The maximum Gasteiger partial charge on any atom is 0.220 e. The summed E-state index contributed by atoms with van der Waals surface area (Å²) in [6, 6.07) is 14.0. The van der Waals surface area contributed by atoms with Crippen LogP contribution in [0.2, 0.25) is 0 Å². The van der Waals surface area contributed by atoms with E-state index >= 15 is 0 Å². The third-order valence-electron chi connectivity index (χ3n) is 4.18. The van der Waals surface area contributed by atoms with Crippen LogP contribution in [0.1, 0.15) is 31.2 Å². The molecule has 3 rings (SSSR count). The quantitative estimate of drug-likeness (QED) is 0.687. The number of benzene rings is 1. The molecule has 0 fully saturated rings. The summed E-state index contributed by atoms with van der Waals surface area (Å²) in [6.45, 7) is 3.67. The molecule has 1 amide bonds. The number of amides is 1. The first-order valence-corrected chi connectivity index (χ1v) is 8.88. The number of rotatable bonds is 8. The van der Waals surface area contributed by atoms with Crippen LogP contribution in [0.4, 0.5) is 0 Å². The zero-order chi connectivity index (χ0) is 17.5. The second-order valence-electron chi connectivity index (χ2n) is 6.11. The third kappa shape index (κ3) is 4.44. The predicted octanol–water partition coefficient (Wildman–Crippen LogP) is 3.13. The van der Waals surface area contributed by atoms with Crippen molar-refractivity contribution in [3.05, 3.63) is 60.0 Å². The zero-order valence-corrected chi connectivity index (χ0v) is 14.6. The van der Waals surface area contributed by atoms with Crippen LogP contribution in [0.3, 0.4) is 0 Å². The molecule has 2 heterocycles. The van der Waals surface area contributed by atoms with Gasteiger partial charge in [-0.25, -0.2) is 9.97 Å². The standard InChI is InChI=1S/C20H24N4O/c1-2-15-24-18(23-17-9-6-13-22-20(17)24)10-11-19(25)21-14-12-16-7-4-3-5-8-16/h3-9,13H,2,10-12,14-15H2,1H3,(H,21,25). The molecule has 0 unspecified atom stereocenters. The van der Waals surface area contributed by atoms with Crippen LogP contribution in [0, 0.1) is 0 Å². The van der Waals surface area contributed by atoms with Crippen molar-refractivity contribution in [3.8, 4) is 0 Å². The minimum atomic E-state index is 0.0685. The summed E-state index contributed by atoms with van der Waals surface area (Å²) in [5.41, 5.74) is 3.04. The number of nitrogens with zero attached hydrogens (tertiary/aromatic N) is 3. The minimum Gasteiger partial charge on any atom is -0.356 e. The van der Waals surface area contributed by atoms with Gasteiger partial charge in [0.25, 0.3) is 0 Å². The van der Waals surface area contributed by atoms with E-state index in [0.717, 1.165) is 36.4 Å². The van der Waals surface area contributed by atoms with Crippen LogP contribution in [0.5, 0.6) is 0 Å². The number of carbonyl (C=O) groups is 1. The Kier molecular flexibility index (Phi) is 5.77. The summed E-state index contributed by atoms with van der Waals surface area (Å²) in [6.07, 6.45) is 4.73. The highest BCUT2D eigenvalue weighted by Crippen LogP contribution is 2.15. The molecule has 0 radical (unpaired) electrons. The lowest BCUT2D eigenvalue weighted by atomic mass is 10.1. The topological polar surface area (TPSA) is 59.8 Å². The molecule has 0 atom stereocenters. The van der Waals surface area contributed by atoms with E-state index in [4.69, 9.17) is 0 Å². The first-order valence-electron chi connectivity index (χ1n) is 8.88. The van der Waals surface area contributed by atoms with E-state index in [9.17, 15) is 4.79 Å². The second-order valence-corrected chi connectivity index (χ2v) is 6.11. The van der Waals surface area contributed by atoms with Gasteiger partial charge in [-0.15, -0.1) is 0 Å². The summed E-state index contributed by atoms with van der Waals surface area (Å²) < 4.78 is 2.13. The van der Waals surface area contributed by atoms with Crippen molar-refractivity contribution in [2.24, 2.45) is 0 Å². The fourth-order valence-electron chi connectivity index (χ4n) is 2.96. The first-order chi connectivity index (χ1) is 12.3. The van der Waals surface area contributed by atoms with Gasteiger partial charge in [0, 0.05) is 32.1 Å². The molecule has 0 saturated heterocycles. The molecule has 0 bridgehead atoms. The lowest BCUT2D eigenvalue weighted by molar-refractivity contribution is -0.121. The Labute approximate surface area is 148 Å². The number of fused-ring (bicyclic) bond motifs is 1. The van der Waals surface area contributed by atoms with Gasteiger partial charge in [-0.05, 0) is 30.5 Å². The van der Waals surface area contributed by atoms with E-state index in [0.29, 0.717) is 19.4 Å². The molecule has 0 aliphatic carbocycles. The van der Waals surface area contributed by atoms with Crippen LogP contribution in [-0.4, -0.2) is 27.0 Å². The number of aromatic nitrogens is 3. The Morgan fingerprint density at radius 1 is 1.12 bits per heavy atom. The Morgan fingerprint density at radius 2 is 1.96 bits per heavy atom. The molecule has 0 spiro atoms. The van der Waals surface area contributed by atoms with Gasteiger partial charge in [-0.3, -0.25) is 4.79 Å². The highest BCUT2D eigenvalue weighted by Gasteiger charge is 2.12. The Hall–Kier alpha value is -2.69. The molecule has 130 valence electrons. The van der Waals surface area contributed by atoms with Crippen molar-refractivity contribution >= 4 is 17.1 Å². The normalized spacial score (nSPS) is 10.9. The second kappa shape index (κ2) is 8.42. The van der Waals surface area contributed by atoms with E-state index in [1.165, 1.54) is 5.56 Å². The van der Waals surface area contributed by atoms with Gasteiger partial charge >= 0.3 is 0 Å². The van der Waals surface area contributed by atoms with E-state index in [1.807, 2.05) is 30.3 Å². The van der Waals surface area contributed by atoms with Crippen LogP contribution in [-0.2, 0) is 24.2 Å². The fourth-order valence-corrected chi connectivity index (χ4v) is 2.96. The first kappa shape index (κ1) is 17.1. The molecule has 5 nitrogen and oxygen atoms in total. The summed E-state index contributed by atoms with van der Waals surface area (Å²) in [4.78, 5) is 21.2. The summed E-state index contributed by atoms with van der Waals surface area (Å²) in [5.74, 6) is 1.01. The van der Waals surface area contributed by atoms with E-state index < -0.39 is 0 Å². The average Bonchev–Trinajstić information content (AvgIpc) is 2.99. The molecule has 1 aromatic carbocycles. The molecule has 5 heteroatoms. The van der Waals surface area contributed by atoms with Crippen molar-refractivity contribution < 1.29 is 4.79 Å². The lowest BCUT2D eigenvalue weighted by Gasteiger charge is -2.08. The third-order valence-corrected chi connectivity index (χ3v) is 4.18. The predicted molar refractivity (Wildman–Crippen MR) is 99.3 cm³/mol. The maximum atomic E-state index is 12.1. The van der Waals surface area contributed by atoms with Gasteiger partial charge in [0.05, 0.1) is 0 Å². The number of hydrogen-bond donors (Lipinski definition) is 1. The van der Waals surface area contributed by atoms with Gasteiger partial charge in [0.1, 0.15) is 11.3 Å². The van der Waals surface area contributed by atoms with Crippen molar-refractivity contribution in [2.75, 3.05) is 6.54 Å².